The molecule has 0 unspecified atom stereocenters. The summed E-state index contributed by atoms with van der Waals surface area (Å²) in [4.78, 5) is 0. The number of hydrogen-bond donors (Lipinski definition) is 2. The van der Waals surface area contributed by atoms with E-state index in [0.717, 1.165) is 18.2 Å². The Bertz CT molecular complexity index is 685. The Balaban J connectivity index is 2.47. The monoisotopic (exact) mass is 366 g/mol. The molecule has 112 valence electrons. The summed E-state index contributed by atoms with van der Waals surface area (Å²) in [5.41, 5.74) is 3.54. The molecule has 0 heterocycles. The van der Waals surface area contributed by atoms with Crippen LogP contribution in [0.5, 0.6) is 0 Å². The smallest absolute Gasteiger partial charge is 0.399 e. The number of rotatable bonds is 2. The summed E-state index contributed by atoms with van der Waals surface area (Å²) in [6.07, 6.45) is -4.66. The van der Waals surface area contributed by atoms with Crippen molar-refractivity contribution in [1.82, 2.24) is 0 Å². The molecule has 0 fully saturated rings. The van der Waals surface area contributed by atoms with E-state index in [1.165, 1.54) is 6.07 Å². The maximum atomic E-state index is 13.6. The highest BCUT2D eigenvalue weighted by molar-refractivity contribution is 9.10. The maximum absolute atomic E-state index is 13.6. The molecule has 2 rings (SSSR count). The molecule has 0 saturated carbocycles. The van der Waals surface area contributed by atoms with Gasteiger partial charge in [-0.05, 0) is 40.2 Å². The minimum Gasteiger partial charge on any atom is -0.399 e. The van der Waals surface area contributed by atoms with E-state index in [4.69, 9.17) is 5.73 Å². The summed E-state index contributed by atoms with van der Waals surface area (Å²) in [6, 6.07) is 4.64. The Labute approximate surface area is 124 Å². The van der Waals surface area contributed by atoms with Gasteiger partial charge in [0, 0.05) is 11.8 Å². The SMILES string of the molecule is Nc1ccc(Nc2cc(Br)c(F)cc2F)c(C(F)(F)F)c1. The Hall–Kier alpha value is -1.83. The second kappa shape index (κ2) is 5.51. The number of nitrogens with one attached hydrogen (secondary N) is 1. The molecule has 3 N–H and O–H groups in total. The first-order chi connectivity index (χ1) is 9.68. The number of anilines is 3. The van der Waals surface area contributed by atoms with Crippen LogP contribution in [0.1, 0.15) is 5.56 Å². The second-order valence-electron chi connectivity index (χ2n) is 4.17. The maximum Gasteiger partial charge on any atom is 0.418 e. The van der Waals surface area contributed by atoms with E-state index in [0.29, 0.717) is 6.07 Å². The lowest BCUT2D eigenvalue weighted by atomic mass is 10.1. The molecule has 0 atom stereocenters. The molecule has 0 radical (unpaired) electrons. The van der Waals surface area contributed by atoms with Gasteiger partial charge < -0.3 is 11.1 Å². The molecule has 0 aliphatic carbocycles. The minimum absolute atomic E-state index is 0.0737. The first-order valence-electron chi connectivity index (χ1n) is 5.57. The van der Waals surface area contributed by atoms with Gasteiger partial charge in [0.1, 0.15) is 11.6 Å². The molecular formula is C13H8BrF5N2. The average Bonchev–Trinajstić information content (AvgIpc) is 2.36. The van der Waals surface area contributed by atoms with E-state index in [-0.39, 0.29) is 21.5 Å². The highest BCUT2D eigenvalue weighted by Crippen LogP contribution is 2.38. The van der Waals surface area contributed by atoms with Crippen LogP contribution >= 0.6 is 15.9 Å². The van der Waals surface area contributed by atoms with Crippen LogP contribution in [-0.4, -0.2) is 0 Å². The van der Waals surface area contributed by atoms with Crippen LogP contribution < -0.4 is 11.1 Å². The van der Waals surface area contributed by atoms with Crippen molar-refractivity contribution in [2.45, 2.75) is 6.18 Å². The number of benzene rings is 2. The molecule has 21 heavy (non-hydrogen) atoms. The van der Waals surface area contributed by atoms with Crippen LogP contribution in [0.15, 0.2) is 34.8 Å². The third-order valence-electron chi connectivity index (χ3n) is 2.63. The van der Waals surface area contributed by atoms with Crippen molar-refractivity contribution in [2.75, 3.05) is 11.1 Å². The van der Waals surface area contributed by atoms with Gasteiger partial charge in [-0.3, -0.25) is 0 Å². The largest absolute Gasteiger partial charge is 0.418 e. The summed E-state index contributed by atoms with van der Waals surface area (Å²) in [5.74, 6) is -1.87. The van der Waals surface area contributed by atoms with Gasteiger partial charge in [-0.15, -0.1) is 0 Å². The van der Waals surface area contributed by atoms with Crippen molar-refractivity contribution in [3.8, 4) is 0 Å². The molecular weight excluding hydrogens is 359 g/mol. The van der Waals surface area contributed by atoms with Gasteiger partial charge in [0.25, 0.3) is 0 Å². The molecule has 8 heteroatoms. The van der Waals surface area contributed by atoms with Gasteiger partial charge in [-0.2, -0.15) is 13.2 Å². The number of alkyl halides is 3. The van der Waals surface area contributed by atoms with Gasteiger partial charge in [-0.25, -0.2) is 8.78 Å². The van der Waals surface area contributed by atoms with Gasteiger partial charge in [0.05, 0.1) is 21.4 Å². The summed E-state index contributed by atoms with van der Waals surface area (Å²) in [6.45, 7) is 0. The third kappa shape index (κ3) is 3.44. The number of halogens is 6. The molecule has 2 aromatic carbocycles. The first kappa shape index (κ1) is 15.6. The fraction of sp³-hybridized carbons (Fsp3) is 0.0769. The van der Waals surface area contributed by atoms with Gasteiger partial charge >= 0.3 is 6.18 Å². The van der Waals surface area contributed by atoms with E-state index in [2.05, 4.69) is 21.2 Å². The zero-order chi connectivity index (χ0) is 15.8. The molecule has 0 aliphatic rings. The lowest BCUT2D eigenvalue weighted by Crippen LogP contribution is -2.10. The van der Waals surface area contributed by atoms with Gasteiger partial charge in [0.15, 0.2) is 0 Å². The van der Waals surface area contributed by atoms with E-state index in [1.54, 1.807) is 0 Å². The molecule has 0 aliphatic heterocycles. The fourth-order valence-corrected chi connectivity index (χ4v) is 2.01. The van der Waals surface area contributed by atoms with Crippen LogP contribution in [0.3, 0.4) is 0 Å². The zero-order valence-corrected chi connectivity index (χ0v) is 11.8. The second-order valence-corrected chi connectivity index (χ2v) is 5.03. The van der Waals surface area contributed by atoms with Gasteiger partial charge in [0.2, 0.25) is 0 Å². The van der Waals surface area contributed by atoms with E-state index in [1.807, 2.05) is 0 Å². The molecule has 2 nitrogen and oxygen atoms in total. The van der Waals surface area contributed by atoms with Crippen LogP contribution in [0.25, 0.3) is 0 Å². The number of hydrogen-bond acceptors (Lipinski definition) is 2. The van der Waals surface area contributed by atoms with Crippen LogP contribution in [0.2, 0.25) is 0 Å². The Morgan fingerprint density at radius 2 is 1.62 bits per heavy atom. The van der Waals surface area contributed by atoms with Crippen molar-refractivity contribution in [3.63, 3.8) is 0 Å². The van der Waals surface area contributed by atoms with Crippen molar-refractivity contribution < 1.29 is 22.0 Å². The number of nitrogen functional groups attached to an aromatic ring is 1. The Morgan fingerprint density at radius 1 is 0.952 bits per heavy atom. The van der Waals surface area contributed by atoms with Crippen LogP contribution in [0.4, 0.5) is 39.0 Å². The molecule has 0 aromatic heterocycles. The van der Waals surface area contributed by atoms with E-state index in [9.17, 15) is 22.0 Å². The molecule has 2 aromatic rings. The highest BCUT2D eigenvalue weighted by atomic mass is 79.9. The predicted molar refractivity (Wildman–Crippen MR) is 73.2 cm³/mol. The quantitative estimate of drug-likeness (QED) is 0.442. The van der Waals surface area contributed by atoms with Crippen molar-refractivity contribution in [3.05, 3.63) is 52.0 Å². The molecule has 0 bridgehead atoms. The first-order valence-corrected chi connectivity index (χ1v) is 6.36. The van der Waals surface area contributed by atoms with E-state index < -0.39 is 23.4 Å². The standard InChI is InChI=1S/C13H8BrF5N2/c14-8-4-12(10(16)5-9(8)15)21-11-2-1-6(20)3-7(11)13(17,18)19/h1-5,21H,20H2. The summed E-state index contributed by atoms with van der Waals surface area (Å²) in [5, 5.41) is 2.30. The Kier molecular flexibility index (Phi) is 4.08. The zero-order valence-electron chi connectivity index (χ0n) is 10.2. The normalized spacial score (nSPS) is 11.5. The molecule has 0 saturated heterocycles. The van der Waals surface area contributed by atoms with Gasteiger partial charge in [-0.1, -0.05) is 0 Å². The molecule has 0 amide bonds. The fourth-order valence-electron chi connectivity index (χ4n) is 1.67. The van der Waals surface area contributed by atoms with E-state index >= 15 is 0 Å². The number of nitrogens with two attached hydrogens (primary N) is 1. The van der Waals surface area contributed by atoms with Crippen molar-refractivity contribution in [2.24, 2.45) is 0 Å². The highest BCUT2D eigenvalue weighted by Gasteiger charge is 2.34. The van der Waals surface area contributed by atoms with Crippen LogP contribution in [-0.2, 0) is 6.18 Å². The summed E-state index contributed by atoms with van der Waals surface area (Å²) < 4.78 is 65.4. The lowest BCUT2D eigenvalue weighted by Gasteiger charge is -2.16. The minimum atomic E-state index is -4.66. The predicted octanol–water partition coefficient (Wildman–Crippen LogP) is 5.07. The summed E-state index contributed by atoms with van der Waals surface area (Å²) in [7, 11) is 0. The molecule has 0 spiro atoms. The van der Waals surface area contributed by atoms with Crippen molar-refractivity contribution >= 4 is 33.0 Å². The lowest BCUT2D eigenvalue weighted by molar-refractivity contribution is -0.136. The topological polar surface area (TPSA) is 38.0 Å². The third-order valence-corrected chi connectivity index (χ3v) is 3.24. The van der Waals surface area contributed by atoms with Crippen LogP contribution in [0, 0.1) is 11.6 Å². The summed E-state index contributed by atoms with van der Waals surface area (Å²) >= 11 is 2.84. The van der Waals surface area contributed by atoms with Crippen molar-refractivity contribution in [1.29, 1.82) is 0 Å². The Morgan fingerprint density at radius 3 is 2.24 bits per heavy atom. The average molecular weight is 367 g/mol.